The molecule has 0 atom stereocenters. The highest BCUT2D eigenvalue weighted by molar-refractivity contribution is 7.08. The highest BCUT2D eigenvalue weighted by Crippen LogP contribution is 2.35. The molecule has 0 bridgehead atoms. The molecule has 0 spiro atoms. The quantitative estimate of drug-likeness (QED) is 0.569. The zero-order chi connectivity index (χ0) is 6.97. The molecule has 0 saturated heterocycles. The van der Waals surface area contributed by atoms with Crippen LogP contribution in [0.1, 0.15) is 0 Å². The Labute approximate surface area is 62.7 Å². The molecule has 10 heavy (non-hydrogen) atoms. The minimum Gasteiger partial charge on any atom is -0.481 e. The number of fused-ring (bicyclic) bond motifs is 1. The Hall–Kier alpha value is -0.960. The number of hydrogen-bond acceptors (Lipinski definition) is 3. The molecular weight excluding hydrogens is 148 g/mol. The van der Waals surface area contributed by atoms with Crippen molar-refractivity contribution in [1.29, 1.82) is 0 Å². The van der Waals surface area contributed by atoms with Gasteiger partial charge >= 0.3 is 0 Å². The standard InChI is InChI=1S/C7H6O2S/c1-5-2-8-6-3-10-4-7(6)9-5/h3-4H,1-2H2. The lowest BCUT2D eigenvalue weighted by Crippen LogP contribution is -2.10. The maximum absolute atomic E-state index is 5.26. The fourth-order valence-corrected chi connectivity index (χ4v) is 1.46. The number of thiophene rings is 1. The van der Waals surface area contributed by atoms with Gasteiger partial charge in [-0.05, 0) is 0 Å². The average molecular weight is 154 g/mol. The van der Waals surface area contributed by atoms with Crippen LogP contribution in [0.5, 0.6) is 11.5 Å². The molecular formula is C7H6O2S. The SMILES string of the molecule is C=C1COc2cscc2O1. The summed E-state index contributed by atoms with van der Waals surface area (Å²) in [6, 6.07) is 0. The Morgan fingerprint density at radius 1 is 1.40 bits per heavy atom. The van der Waals surface area contributed by atoms with Crippen LogP contribution < -0.4 is 9.47 Å². The van der Waals surface area contributed by atoms with E-state index >= 15 is 0 Å². The third kappa shape index (κ3) is 0.789. The predicted octanol–water partition coefficient (Wildman–Crippen LogP) is 2.03. The highest BCUT2D eigenvalue weighted by Gasteiger charge is 2.13. The van der Waals surface area contributed by atoms with Crippen LogP contribution in [-0.4, -0.2) is 6.61 Å². The maximum atomic E-state index is 5.26. The molecule has 0 saturated carbocycles. The van der Waals surface area contributed by atoms with E-state index in [1.54, 1.807) is 11.3 Å². The summed E-state index contributed by atoms with van der Waals surface area (Å²) in [6.45, 7) is 4.13. The molecule has 0 amide bonds. The number of ether oxygens (including phenoxy) is 2. The Bertz CT molecular complexity index is 264. The van der Waals surface area contributed by atoms with E-state index in [1.165, 1.54) is 0 Å². The van der Waals surface area contributed by atoms with Crippen molar-refractivity contribution in [3.05, 3.63) is 23.1 Å². The van der Waals surface area contributed by atoms with Crippen LogP contribution in [0.25, 0.3) is 0 Å². The number of rotatable bonds is 0. The third-order valence-electron chi connectivity index (χ3n) is 1.24. The molecule has 2 nitrogen and oxygen atoms in total. The fraction of sp³-hybridized carbons (Fsp3) is 0.143. The van der Waals surface area contributed by atoms with Gasteiger partial charge in [-0.15, -0.1) is 11.3 Å². The molecule has 0 fully saturated rings. The summed E-state index contributed by atoms with van der Waals surface area (Å²) < 4.78 is 10.5. The molecule has 0 aromatic carbocycles. The first-order chi connectivity index (χ1) is 4.86. The zero-order valence-corrected chi connectivity index (χ0v) is 6.11. The van der Waals surface area contributed by atoms with Crippen molar-refractivity contribution in [3.63, 3.8) is 0 Å². The van der Waals surface area contributed by atoms with E-state index in [9.17, 15) is 0 Å². The molecule has 3 heteroatoms. The summed E-state index contributed by atoms with van der Waals surface area (Å²) in [5, 5.41) is 3.82. The maximum Gasteiger partial charge on any atom is 0.179 e. The Morgan fingerprint density at radius 3 is 3.10 bits per heavy atom. The molecule has 0 N–H and O–H groups in total. The van der Waals surface area contributed by atoms with Gasteiger partial charge in [-0.3, -0.25) is 0 Å². The first kappa shape index (κ1) is 5.80. The lowest BCUT2D eigenvalue weighted by Gasteiger charge is -2.15. The van der Waals surface area contributed by atoms with Crippen LogP contribution in [0.4, 0.5) is 0 Å². The second kappa shape index (κ2) is 2.02. The third-order valence-corrected chi connectivity index (χ3v) is 1.94. The van der Waals surface area contributed by atoms with Gasteiger partial charge in [0.1, 0.15) is 12.4 Å². The van der Waals surface area contributed by atoms with Gasteiger partial charge in [0.2, 0.25) is 0 Å². The molecule has 52 valence electrons. The van der Waals surface area contributed by atoms with Gasteiger partial charge < -0.3 is 9.47 Å². The van der Waals surface area contributed by atoms with Crippen LogP contribution in [0.3, 0.4) is 0 Å². The molecule has 1 aliphatic heterocycles. The Morgan fingerprint density at radius 2 is 2.20 bits per heavy atom. The van der Waals surface area contributed by atoms with Crippen molar-refractivity contribution in [2.24, 2.45) is 0 Å². The lowest BCUT2D eigenvalue weighted by atomic mass is 10.4. The topological polar surface area (TPSA) is 18.5 Å². The molecule has 0 aliphatic carbocycles. The van der Waals surface area contributed by atoms with E-state index < -0.39 is 0 Å². The predicted molar refractivity (Wildman–Crippen MR) is 39.6 cm³/mol. The van der Waals surface area contributed by atoms with Crippen LogP contribution >= 0.6 is 11.3 Å². The Kier molecular flexibility index (Phi) is 1.17. The highest BCUT2D eigenvalue weighted by atomic mass is 32.1. The molecule has 2 heterocycles. The van der Waals surface area contributed by atoms with Crippen molar-refractivity contribution in [2.45, 2.75) is 0 Å². The molecule has 1 aromatic rings. The van der Waals surface area contributed by atoms with Crippen molar-refractivity contribution < 1.29 is 9.47 Å². The summed E-state index contributed by atoms with van der Waals surface area (Å²) in [7, 11) is 0. The minimum absolute atomic E-state index is 0.476. The fourth-order valence-electron chi connectivity index (χ4n) is 0.796. The van der Waals surface area contributed by atoms with Crippen molar-refractivity contribution in [1.82, 2.24) is 0 Å². The molecule has 0 unspecified atom stereocenters. The summed E-state index contributed by atoms with van der Waals surface area (Å²) >= 11 is 1.57. The van der Waals surface area contributed by atoms with Crippen LogP contribution in [0.2, 0.25) is 0 Å². The van der Waals surface area contributed by atoms with Gasteiger partial charge in [-0.25, -0.2) is 0 Å². The van der Waals surface area contributed by atoms with E-state index in [4.69, 9.17) is 9.47 Å². The summed E-state index contributed by atoms with van der Waals surface area (Å²) in [6.07, 6.45) is 0. The molecule has 0 radical (unpaired) electrons. The van der Waals surface area contributed by atoms with Crippen molar-refractivity contribution in [2.75, 3.05) is 6.61 Å². The van der Waals surface area contributed by atoms with E-state index in [2.05, 4.69) is 6.58 Å². The summed E-state index contributed by atoms with van der Waals surface area (Å²) in [5.74, 6) is 2.30. The summed E-state index contributed by atoms with van der Waals surface area (Å²) in [4.78, 5) is 0. The van der Waals surface area contributed by atoms with Crippen molar-refractivity contribution in [3.8, 4) is 11.5 Å². The molecule has 2 rings (SSSR count). The first-order valence-corrected chi connectivity index (χ1v) is 3.85. The van der Waals surface area contributed by atoms with E-state index in [0.29, 0.717) is 12.4 Å². The number of hydrogen-bond donors (Lipinski definition) is 0. The van der Waals surface area contributed by atoms with Gasteiger partial charge in [0.25, 0.3) is 0 Å². The van der Waals surface area contributed by atoms with Crippen LogP contribution in [0, 0.1) is 0 Å². The largest absolute Gasteiger partial charge is 0.481 e. The molecule has 1 aliphatic rings. The monoisotopic (exact) mass is 154 g/mol. The normalized spacial score (nSPS) is 15.4. The molecule has 1 aromatic heterocycles. The summed E-state index contributed by atoms with van der Waals surface area (Å²) in [5.41, 5.74) is 0. The second-order valence-electron chi connectivity index (χ2n) is 2.03. The van der Waals surface area contributed by atoms with E-state index in [1.807, 2.05) is 10.8 Å². The van der Waals surface area contributed by atoms with Crippen LogP contribution in [-0.2, 0) is 0 Å². The Balaban J connectivity index is 2.39. The van der Waals surface area contributed by atoms with E-state index in [0.717, 1.165) is 11.5 Å². The van der Waals surface area contributed by atoms with Crippen molar-refractivity contribution >= 4 is 11.3 Å². The van der Waals surface area contributed by atoms with Gasteiger partial charge in [-0.2, -0.15) is 0 Å². The smallest absolute Gasteiger partial charge is 0.179 e. The minimum atomic E-state index is 0.476. The van der Waals surface area contributed by atoms with Gasteiger partial charge in [0, 0.05) is 10.8 Å². The first-order valence-electron chi connectivity index (χ1n) is 2.91. The van der Waals surface area contributed by atoms with Crippen LogP contribution in [0.15, 0.2) is 23.1 Å². The second-order valence-corrected chi connectivity index (χ2v) is 2.77. The van der Waals surface area contributed by atoms with E-state index in [-0.39, 0.29) is 0 Å². The zero-order valence-electron chi connectivity index (χ0n) is 5.29. The van der Waals surface area contributed by atoms with Gasteiger partial charge in [-0.1, -0.05) is 6.58 Å². The van der Waals surface area contributed by atoms with Gasteiger partial charge in [0.05, 0.1) is 0 Å². The average Bonchev–Trinajstić information content (AvgIpc) is 2.33. The lowest BCUT2D eigenvalue weighted by molar-refractivity contribution is 0.236. The van der Waals surface area contributed by atoms with Gasteiger partial charge in [0.15, 0.2) is 11.5 Å².